The highest BCUT2D eigenvalue weighted by molar-refractivity contribution is 5.88. The van der Waals surface area contributed by atoms with Crippen LogP contribution in [0.2, 0.25) is 0 Å². The van der Waals surface area contributed by atoms with Crippen LogP contribution in [0.3, 0.4) is 0 Å². The number of carbonyl (C=O) groups excluding carboxylic acids is 1. The normalized spacial score (nSPS) is 20.5. The molecule has 1 saturated carbocycles. The molecule has 0 aliphatic heterocycles. The molecule has 1 aliphatic rings. The molecule has 1 radical (unpaired) electrons. The van der Waals surface area contributed by atoms with Gasteiger partial charge in [-0.05, 0) is 25.7 Å². The van der Waals surface area contributed by atoms with Gasteiger partial charge >= 0.3 is 0 Å². The van der Waals surface area contributed by atoms with Gasteiger partial charge in [0.05, 0.1) is 5.92 Å². The summed E-state index contributed by atoms with van der Waals surface area (Å²) in [6.07, 6.45) is 6.16. The summed E-state index contributed by atoms with van der Waals surface area (Å²) in [6.45, 7) is 1.87. The molecule has 0 aromatic heterocycles. The smallest absolute Gasteiger partial charge is 0.224 e. The van der Waals surface area contributed by atoms with Crippen LogP contribution in [0.5, 0.6) is 0 Å². The average molecular weight is 154 g/mol. The Bertz CT molecular complexity index is 138. The molecular weight excluding hydrogens is 138 g/mol. The number of nitrogens with two attached hydrogens (primary N) is 1. The van der Waals surface area contributed by atoms with Crippen LogP contribution in [-0.2, 0) is 4.79 Å². The summed E-state index contributed by atoms with van der Waals surface area (Å²) in [7, 11) is 0. The van der Waals surface area contributed by atoms with E-state index < -0.39 is 0 Å². The third-order valence-corrected chi connectivity index (χ3v) is 2.61. The number of hydrogen-bond donors (Lipinski definition) is 1. The van der Waals surface area contributed by atoms with Gasteiger partial charge in [-0.25, -0.2) is 0 Å². The van der Waals surface area contributed by atoms with Crippen molar-refractivity contribution >= 4 is 5.91 Å². The second-order valence-corrected chi connectivity index (χ2v) is 3.38. The van der Waals surface area contributed by atoms with Crippen molar-refractivity contribution in [2.45, 2.75) is 39.0 Å². The molecule has 2 N–H and O–H groups in total. The fourth-order valence-corrected chi connectivity index (χ4v) is 1.74. The fraction of sp³-hybridized carbons (Fsp3) is 0.778. The molecule has 0 aromatic carbocycles. The highest BCUT2D eigenvalue weighted by Crippen LogP contribution is 2.30. The Morgan fingerprint density at radius 3 is 2.27 bits per heavy atom. The first kappa shape index (κ1) is 8.57. The summed E-state index contributed by atoms with van der Waals surface area (Å²) >= 11 is 0. The zero-order valence-electron chi connectivity index (χ0n) is 7.10. The molecule has 2 heteroatoms. The number of carbonyl (C=O) groups is 1. The van der Waals surface area contributed by atoms with Crippen molar-refractivity contribution in [1.82, 2.24) is 0 Å². The van der Waals surface area contributed by atoms with Crippen LogP contribution in [0.25, 0.3) is 0 Å². The Labute approximate surface area is 68.2 Å². The predicted molar refractivity (Wildman–Crippen MR) is 44.7 cm³/mol. The van der Waals surface area contributed by atoms with Crippen molar-refractivity contribution < 1.29 is 4.79 Å². The van der Waals surface area contributed by atoms with E-state index in [0.717, 1.165) is 18.8 Å². The Kier molecular flexibility index (Phi) is 2.92. The standard InChI is InChI=1S/C9H16NO/c1-7(9(10)11)8-5-3-2-4-6-8/h8H,2-6H2,1H3,(H2,10,11). The van der Waals surface area contributed by atoms with E-state index in [1.54, 1.807) is 0 Å². The second-order valence-electron chi connectivity index (χ2n) is 3.38. The Hall–Kier alpha value is -0.530. The van der Waals surface area contributed by atoms with Crippen molar-refractivity contribution in [3.8, 4) is 0 Å². The lowest BCUT2D eigenvalue weighted by Gasteiger charge is -2.24. The largest absolute Gasteiger partial charge is 0.369 e. The van der Waals surface area contributed by atoms with Gasteiger partial charge in [-0.15, -0.1) is 0 Å². The lowest BCUT2D eigenvalue weighted by molar-refractivity contribution is -0.117. The fourth-order valence-electron chi connectivity index (χ4n) is 1.74. The molecule has 0 unspecified atom stereocenters. The molecule has 1 amide bonds. The van der Waals surface area contributed by atoms with Crippen molar-refractivity contribution in [3.63, 3.8) is 0 Å². The summed E-state index contributed by atoms with van der Waals surface area (Å²) in [6, 6.07) is 0. The highest BCUT2D eigenvalue weighted by Gasteiger charge is 2.23. The van der Waals surface area contributed by atoms with Crippen LogP contribution in [0.1, 0.15) is 39.0 Å². The average Bonchev–Trinajstić information content (AvgIpc) is 2.05. The SMILES string of the molecule is C[C](C(N)=O)C1CCCCC1. The van der Waals surface area contributed by atoms with E-state index in [1.807, 2.05) is 6.92 Å². The summed E-state index contributed by atoms with van der Waals surface area (Å²) < 4.78 is 0. The molecule has 63 valence electrons. The highest BCUT2D eigenvalue weighted by atomic mass is 16.1. The van der Waals surface area contributed by atoms with Gasteiger partial charge in [0.2, 0.25) is 5.91 Å². The number of hydrogen-bond acceptors (Lipinski definition) is 1. The molecule has 11 heavy (non-hydrogen) atoms. The monoisotopic (exact) mass is 154 g/mol. The molecule has 0 aromatic rings. The third-order valence-electron chi connectivity index (χ3n) is 2.61. The maximum Gasteiger partial charge on any atom is 0.224 e. The molecule has 0 atom stereocenters. The Morgan fingerprint density at radius 2 is 1.82 bits per heavy atom. The number of rotatable bonds is 2. The molecule has 1 aliphatic carbocycles. The van der Waals surface area contributed by atoms with E-state index in [0.29, 0.717) is 5.92 Å². The summed E-state index contributed by atoms with van der Waals surface area (Å²) in [5.74, 6) is 1.16. The molecule has 0 bridgehead atoms. The summed E-state index contributed by atoms with van der Waals surface area (Å²) in [4.78, 5) is 10.8. The second kappa shape index (κ2) is 3.74. The first-order valence-electron chi connectivity index (χ1n) is 4.35. The minimum Gasteiger partial charge on any atom is -0.369 e. The van der Waals surface area contributed by atoms with E-state index in [9.17, 15) is 4.79 Å². The van der Waals surface area contributed by atoms with Crippen LogP contribution in [0.4, 0.5) is 0 Å². The van der Waals surface area contributed by atoms with E-state index in [1.165, 1.54) is 19.3 Å². The molecule has 0 heterocycles. The van der Waals surface area contributed by atoms with Gasteiger partial charge in [0.25, 0.3) is 0 Å². The molecule has 0 saturated heterocycles. The zero-order valence-corrected chi connectivity index (χ0v) is 7.10. The van der Waals surface area contributed by atoms with Crippen LogP contribution in [0.15, 0.2) is 0 Å². The Balaban J connectivity index is 2.38. The lowest BCUT2D eigenvalue weighted by atomic mass is 9.81. The van der Waals surface area contributed by atoms with Crippen molar-refractivity contribution in [2.24, 2.45) is 11.7 Å². The van der Waals surface area contributed by atoms with Gasteiger partial charge in [0.1, 0.15) is 0 Å². The van der Waals surface area contributed by atoms with E-state index in [-0.39, 0.29) is 5.91 Å². The molecule has 1 rings (SSSR count). The van der Waals surface area contributed by atoms with Gasteiger partial charge in [0, 0.05) is 0 Å². The number of amides is 1. The van der Waals surface area contributed by atoms with Gasteiger partial charge < -0.3 is 5.73 Å². The quantitative estimate of drug-likeness (QED) is 0.645. The van der Waals surface area contributed by atoms with Crippen LogP contribution < -0.4 is 5.73 Å². The van der Waals surface area contributed by atoms with Crippen molar-refractivity contribution in [3.05, 3.63) is 5.92 Å². The predicted octanol–water partition coefficient (Wildman–Crippen LogP) is 1.65. The van der Waals surface area contributed by atoms with Crippen molar-refractivity contribution in [2.75, 3.05) is 0 Å². The topological polar surface area (TPSA) is 43.1 Å². The lowest BCUT2D eigenvalue weighted by Crippen LogP contribution is -2.26. The summed E-state index contributed by atoms with van der Waals surface area (Å²) in [5, 5.41) is 0. The van der Waals surface area contributed by atoms with Gasteiger partial charge in [-0.3, -0.25) is 4.79 Å². The van der Waals surface area contributed by atoms with Gasteiger partial charge in [-0.2, -0.15) is 0 Å². The molecule has 2 nitrogen and oxygen atoms in total. The van der Waals surface area contributed by atoms with Crippen molar-refractivity contribution in [1.29, 1.82) is 0 Å². The maximum atomic E-state index is 10.8. The van der Waals surface area contributed by atoms with Gasteiger partial charge in [0.15, 0.2) is 0 Å². The maximum absolute atomic E-state index is 10.8. The van der Waals surface area contributed by atoms with E-state index in [4.69, 9.17) is 5.73 Å². The Morgan fingerprint density at radius 1 is 1.27 bits per heavy atom. The van der Waals surface area contributed by atoms with Crippen LogP contribution in [-0.4, -0.2) is 5.91 Å². The van der Waals surface area contributed by atoms with Gasteiger partial charge in [-0.1, -0.05) is 19.3 Å². The zero-order chi connectivity index (χ0) is 8.27. The first-order chi connectivity index (χ1) is 5.22. The molecular formula is C9H16NO. The number of primary amides is 1. The van der Waals surface area contributed by atoms with Crippen LogP contribution >= 0.6 is 0 Å². The van der Waals surface area contributed by atoms with E-state index >= 15 is 0 Å². The molecule has 1 fully saturated rings. The summed E-state index contributed by atoms with van der Waals surface area (Å²) in [5.41, 5.74) is 5.19. The molecule has 0 spiro atoms. The minimum absolute atomic E-state index is 0.211. The van der Waals surface area contributed by atoms with E-state index in [2.05, 4.69) is 0 Å². The van der Waals surface area contributed by atoms with Crippen LogP contribution in [0, 0.1) is 11.8 Å². The first-order valence-corrected chi connectivity index (χ1v) is 4.35. The third kappa shape index (κ3) is 2.21. The minimum atomic E-state index is -0.211.